The quantitative estimate of drug-likeness (QED) is 0.698. The molecule has 0 aliphatic heterocycles. The lowest BCUT2D eigenvalue weighted by Gasteiger charge is -2.24. The standard InChI is InChI=1S/C15H22O5/c1-8(2)11-5-10(16)6-12(15(11)19)9(3)13(20-4)7-14(17)18/h5-6,8-9,13,16,19H,7H2,1-4H3,(H,17,18). The van der Waals surface area contributed by atoms with Gasteiger partial charge in [-0.25, -0.2) is 0 Å². The number of carbonyl (C=O) groups is 1. The molecule has 1 aromatic carbocycles. The van der Waals surface area contributed by atoms with E-state index >= 15 is 0 Å². The minimum absolute atomic E-state index is 0.0496. The molecule has 20 heavy (non-hydrogen) atoms. The van der Waals surface area contributed by atoms with Crippen molar-refractivity contribution in [1.82, 2.24) is 0 Å². The molecule has 2 unspecified atom stereocenters. The predicted octanol–water partition coefficient (Wildman–Crippen LogP) is 2.81. The lowest BCUT2D eigenvalue weighted by molar-refractivity contribution is -0.140. The van der Waals surface area contributed by atoms with Gasteiger partial charge in [0.2, 0.25) is 0 Å². The third-order valence-corrected chi connectivity index (χ3v) is 3.50. The molecule has 1 rings (SSSR count). The van der Waals surface area contributed by atoms with E-state index in [9.17, 15) is 15.0 Å². The van der Waals surface area contributed by atoms with E-state index in [-0.39, 0.29) is 29.8 Å². The van der Waals surface area contributed by atoms with E-state index in [1.165, 1.54) is 19.2 Å². The van der Waals surface area contributed by atoms with Crippen LogP contribution in [0, 0.1) is 0 Å². The lowest BCUT2D eigenvalue weighted by Crippen LogP contribution is -2.22. The maximum atomic E-state index is 10.8. The summed E-state index contributed by atoms with van der Waals surface area (Å²) in [7, 11) is 1.44. The molecule has 0 heterocycles. The number of benzene rings is 1. The second-order valence-electron chi connectivity index (χ2n) is 5.29. The Morgan fingerprint density at radius 1 is 1.20 bits per heavy atom. The van der Waals surface area contributed by atoms with Gasteiger partial charge in [-0.15, -0.1) is 0 Å². The lowest BCUT2D eigenvalue weighted by atomic mass is 9.88. The number of carboxylic acids is 1. The highest BCUT2D eigenvalue weighted by molar-refractivity contribution is 5.67. The van der Waals surface area contributed by atoms with Gasteiger partial charge in [0.1, 0.15) is 11.5 Å². The molecule has 0 spiro atoms. The first-order chi connectivity index (χ1) is 9.27. The van der Waals surface area contributed by atoms with Crippen molar-refractivity contribution >= 4 is 5.97 Å². The molecule has 1 aromatic rings. The van der Waals surface area contributed by atoms with E-state index in [0.717, 1.165) is 0 Å². The predicted molar refractivity (Wildman–Crippen MR) is 75.3 cm³/mol. The molecule has 0 aliphatic carbocycles. The normalized spacial score (nSPS) is 14.2. The van der Waals surface area contributed by atoms with E-state index < -0.39 is 12.1 Å². The second kappa shape index (κ2) is 6.61. The molecule has 0 saturated heterocycles. The average Bonchev–Trinajstić information content (AvgIpc) is 2.36. The summed E-state index contributed by atoms with van der Waals surface area (Å²) in [5, 5.41) is 29.0. The van der Waals surface area contributed by atoms with Gasteiger partial charge in [0.05, 0.1) is 12.5 Å². The number of rotatable bonds is 6. The molecule has 0 bridgehead atoms. The van der Waals surface area contributed by atoms with E-state index in [4.69, 9.17) is 9.84 Å². The van der Waals surface area contributed by atoms with Crippen molar-refractivity contribution in [2.45, 2.75) is 45.1 Å². The summed E-state index contributed by atoms with van der Waals surface area (Å²) < 4.78 is 5.20. The summed E-state index contributed by atoms with van der Waals surface area (Å²) in [4.78, 5) is 10.8. The number of phenols is 2. The van der Waals surface area contributed by atoms with Crippen LogP contribution in [-0.2, 0) is 9.53 Å². The van der Waals surface area contributed by atoms with Crippen molar-refractivity contribution in [3.63, 3.8) is 0 Å². The van der Waals surface area contributed by atoms with Crippen LogP contribution < -0.4 is 0 Å². The first kappa shape index (κ1) is 16.3. The Labute approximate surface area is 118 Å². The Bertz CT molecular complexity index is 481. The van der Waals surface area contributed by atoms with Crippen LogP contribution in [0.4, 0.5) is 0 Å². The van der Waals surface area contributed by atoms with Crippen molar-refractivity contribution in [1.29, 1.82) is 0 Å². The fourth-order valence-corrected chi connectivity index (χ4v) is 2.29. The van der Waals surface area contributed by atoms with E-state index in [0.29, 0.717) is 11.1 Å². The molecule has 5 heteroatoms. The average molecular weight is 282 g/mol. The van der Waals surface area contributed by atoms with Crippen molar-refractivity contribution in [3.05, 3.63) is 23.3 Å². The zero-order valence-electron chi connectivity index (χ0n) is 12.3. The van der Waals surface area contributed by atoms with Gasteiger partial charge in [-0.3, -0.25) is 4.79 Å². The molecule has 0 aliphatic rings. The number of methoxy groups -OCH3 is 1. The zero-order valence-corrected chi connectivity index (χ0v) is 12.3. The molecule has 2 atom stereocenters. The Kier molecular flexibility index (Phi) is 5.39. The number of aliphatic carboxylic acids is 1. The van der Waals surface area contributed by atoms with Gasteiger partial charge in [0.15, 0.2) is 0 Å². The number of aromatic hydroxyl groups is 2. The van der Waals surface area contributed by atoms with Crippen molar-refractivity contribution in [3.8, 4) is 11.5 Å². The summed E-state index contributed by atoms with van der Waals surface area (Å²) in [6, 6.07) is 2.98. The number of phenolic OH excluding ortho intramolecular Hbond substituents is 2. The van der Waals surface area contributed by atoms with Crippen molar-refractivity contribution < 1.29 is 24.9 Å². The van der Waals surface area contributed by atoms with Gasteiger partial charge in [-0.1, -0.05) is 20.8 Å². The highest BCUT2D eigenvalue weighted by Gasteiger charge is 2.26. The van der Waals surface area contributed by atoms with Crippen LogP contribution in [0.5, 0.6) is 11.5 Å². The van der Waals surface area contributed by atoms with Gasteiger partial charge < -0.3 is 20.1 Å². The second-order valence-corrected chi connectivity index (χ2v) is 5.29. The van der Waals surface area contributed by atoms with Crippen LogP contribution in [0.2, 0.25) is 0 Å². The minimum atomic E-state index is -0.965. The molecular weight excluding hydrogens is 260 g/mol. The highest BCUT2D eigenvalue weighted by Crippen LogP contribution is 2.38. The van der Waals surface area contributed by atoms with Gasteiger partial charge in [-0.05, 0) is 18.1 Å². The van der Waals surface area contributed by atoms with Crippen LogP contribution in [-0.4, -0.2) is 34.5 Å². The molecular formula is C15H22O5. The number of carboxylic acid groups (broad SMARTS) is 1. The van der Waals surface area contributed by atoms with E-state index in [1.54, 1.807) is 6.92 Å². The molecule has 3 N–H and O–H groups in total. The summed E-state index contributed by atoms with van der Waals surface area (Å²) in [6.45, 7) is 5.59. The largest absolute Gasteiger partial charge is 0.508 e. The fourth-order valence-electron chi connectivity index (χ4n) is 2.29. The fraction of sp³-hybridized carbons (Fsp3) is 0.533. The summed E-state index contributed by atoms with van der Waals surface area (Å²) in [5.74, 6) is -1.11. The molecule has 0 saturated carbocycles. The minimum Gasteiger partial charge on any atom is -0.508 e. The highest BCUT2D eigenvalue weighted by atomic mass is 16.5. The topological polar surface area (TPSA) is 87.0 Å². The molecule has 5 nitrogen and oxygen atoms in total. The van der Waals surface area contributed by atoms with Crippen LogP contribution in [0.1, 0.15) is 50.2 Å². The van der Waals surface area contributed by atoms with E-state index in [2.05, 4.69) is 0 Å². The van der Waals surface area contributed by atoms with Crippen molar-refractivity contribution in [2.24, 2.45) is 0 Å². The Balaban J connectivity index is 3.20. The summed E-state index contributed by atoms with van der Waals surface area (Å²) in [6.07, 6.45) is -0.732. The first-order valence-corrected chi connectivity index (χ1v) is 6.58. The van der Waals surface area contributed by atoms with Gasteiger partial charge in [0.25, 0.3) is 0 Å². The molecule has 0 aromatic heterocycles. The number of hydrogen-bond donors (Lipinski definition) is 3. The van der Waals surface area contributed by atoms with Crippen LogP contribution in [0.3, 0.4) is 0 Å². The SMILES string of the molecule is COC(CC(=O)O)C(C)c1cc(O)cc(C(C)C)c1O. The summed E-state index contributed by atoms with van der Waals surface area (Å²) in [5.41, 5.74) is 1.14. The Morgan fingerprint density at radius 3 is 2.20 bits per heavy atom. The maximum Gasteiger partial charge on any atom is 0.306 e. The molecule has 112 valence electrons. The smallest absolute Gasteiger partial charge is 0.306 e. The molecule has 0 fully saturated rings. The maximum absolute atomic E-state index is 10.8. The van der Waals surface area contributed by atoms with Gasteiger partial charge in [0, 0.05) is 24.2 Å². The Hall–Kier alpha value is -1.75. The third kappa shape index (κ3) is 3.63. The number of hydrogen-bond acceptors (Lipinski definition) is 4. The molecule has 0 radical (unpaired) electrons. The Morgan fingerprint density at radius 2 is 1.75 bits per heavy atom. The third-order valence-electron chi connectivity index (χ3n) is 3.50. The summed E-state index contributed by atoms with van der Waals surface area (Å²) >= 11 is 0. The van der Waals surface area contributed by atoms with Crippen molar-refractivity contribution in [2.75, 3.05) is 7.11 Å². The van der Waals surface area contributed by atoms with Gasteiger partial charge >= 0.3 is 5.97 Å². The van der Waals surface area contributed by atoms with Crippen LogP contribution in [0.25, 0.3) is 0 Å². The molecule has 0 amide bonds. The van der Waals surface area contributed by atoms with E-state index in [1.807, 2.05) is 13.8 Å². The van der Waals surface area contributed by atoms with Crippen LogP contribution >= 0.6 is 0 Å². The van der Waals surface area contributed by atoms with Crippen LogP contribution in [0.15, 0.2) is 12.1 Å². The first-order valence-electron chi connectivity index (χ1n) is 6.58. The van der Waals surface area contributed by atoms with Gasteiger partial charge in [-0.2, -0.15) is 0 Å². The number of ether oxygens (including phenoxy) is 1. The monoisotopic (exact) mass is 282 g/mol. The zero-order chi connectivity index (χ0) is 15.4.